The molecule has 2 unspecified atom stereocenters. The minimum Gasteiger partial charge on any atom is -0.495 e. The Morgan fingerprint density at radius 3 is 2.62 bits per heavy atom. The van der Waals surface area contributed by atoms with E-state index in [0.717, 1.165) is 0 Å². The molecule has 0 fully saturated rings. The fraction of sp³-hybridized carbons (Fsp3) is 0.250. The van der Waals surface area contributed by atoms with Crippen LogP contribution in [0.2, 0.25) is 5.02 Å². The molecule has 2 N–H and O–H groups in total. The monoisotopic (exact) mass is 418 g/mol. The van der Waals surface area contributed by atoms with Gasteiger partial charge in [0, 0.05) is 5.69 Å². The Morgan fingerprint density at radius 1 is 1.28 bits per heavy atom. The van der Waals surface area contributed by atoms with E-state index in [1.54, 1.807) is 26.0 Å². The van der Waals surface area contributed by atoms with Gasteiger partial charge in [-0.1, -0.05) is 11.6 Å². The van der Waals surface area contributed by atoms with Crippen molar-refractivity contribution < 1.29 is 29.0 Å². The number of amides is 2. The summed E-state index contributed by atoms with van der Waals surface area (Å²) in [6, 6.07) is 8.00. The Labute approximate surface area is 172 Å². The number of carbonyl (C=O) groups excluding carboxylic acids is 2. The van der Waals surface area contributed by atoms with Crippen LogP contribution in [0.4, 0.5) is 11.4 Å². The molecule has 2 amide bonds. The highest BCUT2D eigenvalue weighted by molar-refractivity contribution is 6.32. The zero-order chi connectivity index (χ0) is 21.3. The van der Waals surface area contributed by atoms with Crippen molar-refractivity contribution in [1.82, 2.24) is 0 Å². The van der Waals surface area contributed by atoms with Crippen molar-refractivity contribution in [2.75, 3.05) is 17.3 Å². The van der Waals surface area contributed by atoms with Crippen LogP contribution in [0.15, 0.2) is 36.4 Å². The lowest BCUT2D eigenvalue weighted by Crippen LogP contribution is -2.52. The van der Waals surface area contributed by atoms with Crippen molar-refractivity contribution in [2.24, 2.45) is 0 Å². The van der Waals surface area contributed by atoms with Gasteiger partial charge in [-0.05, 0) is 50.2 Å². The highest BCUT2D eigenvalue weighted by atomic mass is 35.5. The summed E-state index contributed by atoms with van der Waals surface area (Å²) < 4.78 is 10.6. The van der Waals surface area contributed by atoms with E-state index in [4.69, 9.17) is 21.1 Å². The SMILES string of the molecule is COc1ccc(NC(=O)C(C)N2C(=O)C(C)Oc3ccc(C(=O)O)cc32)cc1Cl. The molecule has 0 saturated heterocycles. The zero-order valence-corrected chi connectivity index (χ0v) is 16.7. The number of carbonyl (C=O) groups is 3. The van der Waals surface area contributed by atoms with Gasteiger partial charge >= 0.3 is 5.97 Å². The third kappa shape index (κ3) is 3.97. The summed E-state index contributed by atoms with van der Waals surface area (Å²) in [5.41, 5.74) is 0.638. The van der Waals surface area contributed by atoms with E-state index in [1.165, 1.54) is 36.3 Å². The highest BCUT2D eigenvalue weighted by Crippen LogP contribution is 2.36. The molecular formula is C20H19ClN2O6. The molecule has 1 heterocycles. The van der Waals surface area contributed by atoms with Crippen LogP contribution in [0.25, 0.3) is 0 Å². The normalized spacial score (nSPS) is 16.5. The second-order valence-corrected chi connectivity index (χ2v) is 6.88. The van der Waals surface area contributed by atoms with Crippen LogP contribution in [0.5, 0.6) is 11.5 Å². The number of benzene rings is 2. The summed E-state index contributed by atoms with van der Waals surface area (Å²) in [7, 11) is 1.48. The number of anilines is 2. The van der Waals surface area contributed by atoms with Gasteiger partial charge in [0.25, 0.3) is 5.91 Å². The number of hydrogen-bond acceptors (Lipinski definition) is 5. The van der Waals surface area contributed by atoms with E-state index in [9.17, 15) is 19.5 Å². The number of nitrogens with zero attached hydrogens (tertiary/aromatic N) is 1. The Balaban J connectivity index is 1.91. The second kappa shape index (κ2) is 8.00. The molecule has 1 aliphatic heterocycles. The molecule has 1 aliphatic rings. The Morgan fingerprint density at radius 2 is 2.00 bits per heavy atom. The number of halogens is 1. The molecule has 3 rings (SSSR count). The van der Waals surface area contributed by atoms with Crippen molar-refractivity contribution in [3.63, 3.8) is 0 Å². The molecule has 0 bridgehead atoms. The number of aromatic carboxylic acids is 1. The van der Waals surface area contributed by atoms with Gasteiger partial charge in [0.1, 0.15) is 17.5 Å². The summed E-state index contributed by atoms with van der Waals surface area (Å²) in [5.74, 6) is -1.28. The Hall–Kier alpha value is -3.26. The molecule has 8 nitrogen and oxygen atoms in total. The quantitative estimate of drug-likeness (QED) is 0.772. The lowest BCUT2D eigenvalue weighted by Gasteiger charge is -2.36. The molecule has 2 aromatic carbocycles. The summed E-state index contributed by atoms with van der Waals surface area (Å²) >= 11 is 6.08. The fourth-order valence-electron chi connectivity index (χ4n) is 3.00. The first-order chi connectivity index (χ1) is 13.7. The van der Waals surface area contributed by atoms with E-state index in [0.29, 0.717) is 22.2 Å². The number of hydrogen-bond donors (Lipinski definition) is 2. The lowest BCUT2D eigenvalue weighted by atomic mass is 10.1. The number of carboxylic acid groups (broad SMARTS) is 1. The number of methoxy groups -OCH3 is 1. The predicted molar refractivity (Wildman–Crippen MR) is 107 cm³/mol. The highest BCUT2D eigenvalue weighted by Gasteiger charge is 2.37. The number of rotatable bonds is 5. The standard InChI is InChI=1S/C20H19ClN2O6/c1-10(18(24)22-13-5-7-16(28-3)14(21)9-13)23-15-8-12(20(26)27)4-6-17(15)29-11(2)19(23)25/h4-11H,1-3H3,(H,22,24)(H,26,27). The first-order valence-corrected chi connectivity index (χ1v) is 9.12. The third-order valence-corrected chi connectivity index (χ3v) is 4.84. The molecule has 2 atom stereocenters. The van der Waals surface area contributed by atoms with Crippen molar-refractivity contribution >= 4 is 40.8 Å². The first kappa shape index (κ1) is 20.5. The molecule has 0 saturated carbocycles. The van der Waals surface area contributed by atoms with Gasteiger partial charge in [0.05, 0.1) is 23.4 Å². The van der Waals surface area contributed by atoms with Crippen molar-refractivity contribution in [3.8, 4) is 11.5 Å². The first-order valence-electron chi connectivity index (χ1n) is 8.74. The number of ether oxygens (including phenoxy) is 2. The van der Waals surface area contributed by atoms with Crippen molar-refractivity contribution in [1.29, 1.82) is 0 Å². The second-order valence-electron chi connectivity index (χ2n) is 6.47. The predicted octanol–water partition coefficient (Wildman–Crippen LogP) is 3.19. The Bertz CT molecular complexity index is 993. The number of carboxylic acids is 1. The third-order valence-electron chi connectivity index (χ3n) is 4.54. The van der Waals surface area contributed by atoms with E-state index >= 15 is 0 Å². The minimum atomic E-state index is -1.15. The number of fused-ring (bicyclic) bond motifs is 1. The minimum absolute atomic E-state index is 0.0192. The average Bonchev–Trinajstić information content (AvgIpc) is 2.68. The van der Waals surface area contributed by atoms with Gasteiger partial charge in [-0.25, -0.2) is 4.79 Å². The summed E-state index contributed by atoms with van der Waals surface area (Å²) in [5, 5.41) is 12.3. The van der Waals surface area contributed by atoms with Crippen LogP contribution in [0, 0.1) is 0 Å². The molecule has 0 aliphatic carbocycles. The maximum Gasteiger partial charge on any atom is 0.335 e. The molecule has 0 radical (unpaired) electrons. The van der Waals surface area contributed by atoms with Crippen LogP contribution in [-0.2, 0) is 9.59 Å². The maximum atomic E-state index is 12.8. The van der Waals surface area contributed by atoms with Crippen molar-refractivity contribution in [2.45, 2.75) is 26.0 Å². The van der Waals surface area contributed by atoms with E-state index in [1.807, 2.05) is 0 Å². The van der Waals surface area contributed by atoms with E-state index in [-0.39, 0.29) is 11.3 Å². The van der Waals surface area contributed by atoms with Gasteiger partial charge in [0.2, 0.25) is 5.91 Å². The summed E-state index contributed by atoms with van der Waals surface area (Å²) in [6.45, 7) is 3.12. The largest absolute Gasteiger partial charge is 0.495 e. The van der Waals surface area contributed by atoms with Gasteiger partial charge in [-0.3, -0.25) is 14.5 Å². The van der Waals surface area contributed by atoms with Gasteiger partial charge in [-0.15, -0.1) is 0 Å². The van der Waals surface area contributed by atoms with Gasteiger partial charge in [0.15, 0.2) is 6.10 Å². The van der Waals surface area contributed by atoms with Crippen LogP contribution in [0.3, 0.4) is 0 Å². The molecule has 9 heteroatoms. The lowest BCUT2D eigenvalue weighted by molar-refractivity contribution is -0.128. The topological polar surface area (TPSA) is 105 Å². The van der Waals surface area contributed by atoms with Crippen LogP contribution >= 0.6 is 11.6 Å². The Kier molecular flexibility index (Phi) is 5.65. The maximum absolute atomic E-state index is 12.8. The molecule has 0 spiro atoms. The van der Waals surface area contributed by atoms with E-state index in [2.05, 4.69) is 5.32 Å². The molecule has 2 aromatic rings. The van der Waals surface area contributed by atoms with Gasteiger partial charge < -0.3 is 19.9 Å². The van der Waals surface area contributed by atoms with Crippen LogP contribution in [0.1, 0.15) is 24.2 Å². The number of nitrogens with one attached hydrogen (secondary N) is 1. The molecule has 152 valence electrons. The van der Waals surface area contributed by atoms with E-state index < -0.39 is 29.9 Å². The molecule has 0 aromatic heterocycles. The van der Waals surface area contributed by atoms with Crippen LogP contribution in [-0.4, -0.2) is 42.1 Å². The fourth-order valence-corrected chi connectivity index (χ4v) is 3.26. The zero-order valence-electron chi connectivity index (χ0n) is 15.9. The van der Waals surface area contributed by atoms with Gasteiger partial charge in [-0.2, -0.15) is 0 Å². The van der Waals surface area contributed by atoms with Crippen LogP contribution < -0.4 is 19.7 Å². The average molecular weight is 419 g/mol. The van der Waals surface area contributed by atoms with Crippen molar-refractivity contribution in [3.05, 3.63) is 47.0 Å². The molecular weight excluding hydrogens is 400 g/mol. The molecule has 29 heavy (non-hydrogen) atoms. The summed E-state index contributed by atoms with van der Waals surface area (Å²) in [4.78, 5) is 38.1. The summed E-state index contributed by atoms with van der Waals surface area (Å²) in [6.07, 6.45) is -0.816. The smallest absolute Gasteiger partial charge is 0.335 e.